The van der Waals surface area contributed by atoms with Crippen LogP contribution in [0, 0.1) is 6.92 Å². The van der Waals surface area contributed by atoms with E-state index in [1.165, 1.54) is 6.92 Å². The first-order chi connectivity index (χ1) is 9.98. The molecule has 1 aromatic heterocycles. The highest BCUT2D eigenvalue weighted by molar-refractivity contribution is 5.96. The van der Waals surface area contributed by atoms with E-state index in [0.29, 0.717) is 11.1 Å². The molecule has 0 radical (unpaired) electrons. The van der Waals surface area contributed by atoms with E-state index in [9.17, 15) is 13.2 Å². The Hall–Kier alpha value is -2.36. The lowest BCUT2D eigenvalue weighted by atomic mass is 9.95. The SMILES string of the molecule is Cc1c(C(F)(F)F)nc2ccccc2c1-c1ccccc1. The molecule has 0 spiro atoms. The largest absolute Gasteiger partial charge is 0.433 e. The summed E-state index contributed by atoms with van der Waals surface area (Å²) in [5, 5.41) is 0.731. The first-order valence-electron chi connectivity index (χ1n) is 6.50. The van der Waals surface area contributed by atoms with E-state index in [2.05, 4.69) is 4.98 Å². The average molecular weight is 287 g/mol. The fourth-order valence-electron chi connectivity index (χ4n) is 2.56. The molecule has 0 aliphatic rings. The predicted molar refractivity (Wildman–Crippen MR) is 76.9 cm³/mol. The van der Waals surface area contributed by atoms with Crippen LogP contribution in [0.1, 0.15) is 11.3 Å². The number of pyridine rings is 1. The van der Waals surface area contributed by atoms with E-state index in [0.717, 1.165) is 10.9 Å². The van der Waals surface area contributed by atoms with Crippen molar-refractivity contribution in [1.82, 2.24) is 4.98 Å². The summed E-state index contributed by atoms with van der Waals surface area (Å²) in [6, 6.07) is 16.0. The Labute approximate surface area is 120 Å². The van der Waals surface area contributed by atoms with Crippen LogP contribution in [-0.2, 0) is 6.18 Å². The molecule has 0 aliphatic heterocycles. The third kappa shape index (κ3) is 2.37. The van der Waals surface area contributed by atoms with Gasteiger partial charge in [0, 0.05) is 5.39 Å². The molecule has 0 aliphatic carbocycles. The molecule has 0 unspecified atom stereocenters. The van der Waals surface area contributed by atoms with Crippen molar-refractivity contribution in [2.24, 2.45) is 0 Å². The van der Waals surface area contributed by atoms with Gasteiger partial charge < -0.3 is 0 Å². The number of hydrogen-bond donors (Lipinski definition) is 0. The number of hydrogen-bond acceptors (Lipinski definition) is 1. The minimum absolute atomic E-state index is 0.160. The standard InChI is InChI=1S/C17H12F3N/c1-11-15(12-7-3-2-4-8-12)13-9-5-6-10-14(13)21-16(11)17(18,19)20/h2-10H,1H3. The third-order valence-electron chi connectivity index (χ3n) is 3.47. The van der Waals surface area contributed by atoms with E-state index < -0.39 is 11.9 Å². The molecule has 106 valence electrons. The molecule has 0 saturated heterocycles. The zero-order chi connectivity index (χ0) is 15.0. The van der Waals surface area contributed by atoms with Gasteiger partial charge in [0.2, 0.25) is 0 Å². The topological polar surface area (TPSA) is 12.9 Å². The molecule has 1 nitrogen and oxygen atoms in total. The van der Waals surface area contributed by atoms with E-state index in [1.54, 1.807) is 18.2 Å². The second kappa shape index (κ2) is 4.88. The first-order valence-corrected chi connectivity index (χ1v) is 6.50. The van der Waals surface area contributed by atoms with Crippen LogP contribution >= 0.6 is 0 Å². The Balaban J connectivity index is 2.43. The number of rotatable bonds is 1. The van der Waals surface area contributed by atoms with Crippen molar-refractivity contribution < 1.29 is 13.2 Å². The zero-order valence-corrected chi connectivity index (χ0v) is 11.3. The van der Waals surface area contributed by atoms with Gasteiger partial charge in [-0.3, -0.25) is 0 Å². The highest BCUT2D eigenvalue weighted by atomic mass is 19.4. The summed E-state index contributed by atoms with van der Waals surface area (Å²) >= 11 is 0. The Morgan fingerprint density at radius 3 is 2.14 bits per heavy atom. The maximum atomic E-state index is 13.2. The van der Waals surface area contributed by atoms with Crippen molar-refractivity contribution in [3.05, 3.63) is 65.9 Å². The van der Waals surface area contributed by atoms with Gasteiger partial charge >= 0.3 is 6.18 Å². The molecule has 0 fully saturated rings. The number of benzene rings is 2. The second-order valence-corrected chi connectivity index (χ2v) is 4.84. The fraction of sp³-hybridized carbons (Fsp3) is 0.118. The maximum Gasteiger partial charge on any atom is 0.433 e. The third-order valence-corrected chi connectivity index (χ3v) is 3.47. The van der Waals surface area contributed by atoms with E-state index in [-0.39, 0.29) is 5.56 Å². The second-order valence-electron chi connectivity index (χ2n) is 4.84. The van der Waals surface area contributed by atoms with Crippen molar-refractivity contribution >= 4 is 10.9 Å². The quantitative estimate of drug-likeness (QED) is 0.597. The van der Waals surface area contributed by atoms with E-state index in [1.807, 2.05) is 36.4 Å². The predicted octanol–water partition coefficient (Wildman–Crippen LogP) is 5.23. The monoisotopic (exact) mass is 287 g/mol. The molecular weight excluding hydrogens is 275 g/mol. The van der Waals surface area contributed by atoms with Crippen LogP contribution in [-0.4, -0.2) is 4.98 Å². The summed E-state index contributed by atoms with van der Waals surface area (Å²) < 4.78 is 39.6. The smallest absolute Gasteiger partial charge is 0.243 e. The van der Waals surface area contributed by atoms with Gasteiger partial charge in [0.05, 0.1) is 5.52 Å². The van der Waals surface area contributed by atoms with Gasteiger partial charge in [-0.1, -0.05) is 48.5 Å². The van der Waals surface area contributed by atoms with Crippen molar-refractivity contribution in [3.63, 3.8) is 0 Å². The number of alkyl halides is 3. The van der Waals surface area contributed by atoms with E-state index in [4.69, 9.17) is 0 Å². The lowest BCUT2D eigenvalue weighted by Gasteiger charge is -2.16. The van der Waals surface area contributed by atoms with Crippen LogP contribution in [0.4, 0.5) is 13.2 Å². The number of aromatic nitrogens is 1. The molecule has 0 N–H and O–H groups in total. The van der Waals surface area contributed by atoms with Crippen molar-refractivity contribution in [2.75, 3.05) is 0 Å². The van der Waals surface area contributed by atoms with Crippen LogP contribution in [0.25, 0.3) is 22.0 Å². The molecule has 0 atom stereocenters. The Bertz CT molecular complexity index is 792. The average Bonchev–Trinajstić information content (AvgIpc) is 2.46. The molecule has 0 saturated carbocycles. The minimum atomic E-state index is -4.46. The minimum Gasteiger partial charge on any atom is -0.243 e. The molecule has 0 amide bonds. The summed E-state index contributed by atoms with van der Waals surface area (Å²) in [7, 11) is 0. The van der Waals surface area contributed by atoms with Crippen LogP contribution < -0.4 is 0 Å². The highest BCUT2D eigenvalue weighted by Crippen LogP contribution is 2.38. The maximum absolute atomic E-state index is 13.2. The van der Waals surface area contributed by atoms with Crippen LogP contribution in [0.2, 0.25) is 0 Å². The van der Waals surface area contributed by atoms with Gasteiger partial charge in [-0.15, -0.1) is 0 Å². The molecule has 1 heterocycles. The van der Waals surface area contributed by atoms with Crippen LogP contribution in [0.3, 0.4) is 0 Å². The van der Waals surface area contributed by atoms with Gasteiger partial charge in [0.15, 0.2) is 0 Å². The lowest BCUT2D eigenvalue weighted by Crippen LogP contribution is -2.11. The molecule has 3 aromatic rings. The number of halogens is 3. The van der Waals surface area contributed by atoms with Gasteiger partial charge in [-0.05, 0) is 29.7 Å². The summed E-state index contributed by atoms with van der Waals surface area (Å²) in [5.74, 6) is 0. The van der Waals surface area contributed by atoms with Gasteiger partial charge in [0.25, 0.3) is 0 Å². The van der Waals surface area contributed by atoms with Gasteiger partial charge in [0.1, 0.15) is 5.69 Å². The van der Waals surface area contributed by atoms with Crippen LogP contribution in [0.15, 0.2) is 54.6 Å². The van der Waals surface area contributed by atoms with Crippen molar-refractivity contribution in [2.45, 2.75) is 13.1 Å². The van der Waals surface area contributed by atoms with Crippen LogP contribution in [0.5, 0.6) is 0 Å². The molecular formula is C17H12F3N. The summed E-state index contributed by atoms with van der Waals surface area (Å²) in [4.78, 5) is 3.81. The number of nitrogens with zero attached hydrogens (tertiary/aromatic N) is 1. The summed E-state index contributed by atoms with van der Waals surface area (Å²) in [6.07, 6.45) is -4.46. The Morgan fingerprint density at radius 1 is 0.857 bits per heavy atom. The molecule has 21 heavy (non-hydrogen) atoms. The lowest BCUT2D eigenvalue weighted by molar-refractivity contribution is -0.141. The number of fused-ring (bicyclic) bond motifs is 1. The number of para-hydroxylation sites is 1. The Morgan fingerprint density at radius 2 is 1.48 bits per heavy atom. The fourth-order valence-corrected chi connectivity index (χ4v) is 2.56. The first kappa shape index (κ1) is 13.6. The summed E-state index contributed by atoms with van der Waals surface area (Å²) in [5.41, 5.74) is 1.05. The van der Waals surface area contributed by atoms with Gasteiger partial charge in [-0.2, -0.15) is 13.2 Å². The highest BCUT2D eigenvalue weighted by Gasteiger charge is 2.36. The zero-order valence-electron chi connectivity index (χ0n) is 11.3. The Kier molecular flexibility index (Phi) is 3.16. The van der Waals surface area contributed by atoms with Gasteiger partial charge in [-0.25, -0.2) is 4.98 Å². The molecule has 0 bridgehead atoms. The normalized spacial score (nSPS) is 11.8. The molecule has 4 heteroatoms. The van der Waals surface area contributed by atoms with Crippen molar-refractivity contribution in [3.8, 4) is 11.1 Å². The van der Waals surface area contributed by atoms with Crippen molar-refractivity contribution in [1.29, 1.82) is 0 Å². The molecule has 3 rings (SSSR count). The summed E-state index contributed by atoms with van der Waals surface area (Å²) in [6.45, 7) is 1.48. The molecule has 2 aromatic carbocycles. The van der Waals surface area contributed by atoms with E-state index >= 15 is 0 Å².